The Balaban J connectivity index is 2.08. The molecule has 0 bridgehead atoms. The fourth-order valence-corrected chi connectivity index (χ4v) is 1.63. The van der Waals surface area contributed by atoms with Gasteiger partial charge < -0.3 is 5.11 Å². The van der Waals surface area contributed by atoms with Crippen molar-refractivity contribution in [1.29, 1.82) is 0 Å². The molecular weight excluding hydrogens is 160 g/mol. The van der Waals surface area contributed by atoms with E-state index in [1.165, 1.54) is 0 Å². The van der Waals surface area contributed by atoms with Crippen molar-refractivity contribution in [1.82, 2.24) is 21.3 Å². The second-order valence-corrected chi connectivity index (χ2v) is 3.14. The SMILES string of the molecule is CC1NC2C(C(=O)O)CNN2N1. The van der Waals surface area contributed by atoms with Gasteiger partial charge in [-0.3, -0.25) is 10.1 Å². The summed E-state index contributed by atoms with van der Waals surface area (Å²) >= 11 is 0. The number of carbonyl (C=O) groups is 1. The highest BCUT2D eigenvalue weighted by molar-refractivity contribution is 5.71. The van der Waals surface area contributed by atoms with Crippen molar-refractivity contribution in [2.24, 2.45) is 5.92 Å². The summed E-state index contributed by atoms with van der Waals surface area (Å²) in [5.74, 6) is -1.14. The average molecular weight is 172 g/mol. The predicted octanol–water partition coefficient (Wildman–Crippen LogP) is -1.71. The Morgan fingerprint density at radius 3 is 3.08 bits per heavy atom. The highest BCUT2D eigenvalue weighted by Crippen LogP contribution is 2.16. The summed E-state index contributed by atoms with van der Waals surface area (Å²) in [4.78, 5) is 10.7. The quantitative estimate of drug-likeness (QED) is 0.377. The monoisotopic (exact) mass is 172 g/mol. The van der Waals surface area contributed by atoms with Gasteiger partial charge in [-0.05, 0) is 6.92 Å². The van der Waals surface area contributed by atoms with Gasteiger partial charge in [0.2, 0.25) is 0 Å². The third-order valence-electron chi connectivity index (χ3n) is 2.21. The normalized spacial score (nSPS) is 41.6. The van der Waals surface area contributed by atoms with Gasteiger partial charge in [0.25, 0.3) is 0 Å². The molecule has 2 saturated heterocycles. The molecule has 0 aliphatic carbocycles. The molecule has 3 unspecified atom stereocenters. The van der Waals surface area contributed by atoms with Crippen LogP contribution in [0.15, 0.2) is 0 Å². The fraction of sp³-hybridized carbons (Fsp3) is 0.833. The molecule has 12 heavy (non-hydrogen) atoms. The highest BCUT2D eigenvalue weighted by Gasteiger charge is 2.43. The molecular formula is C6H12N4O2. The molecule has 0 spiro atoms. The van der Waals surface area contributed by atoms with Crippen LogP contribution in [0.1, 0.15) is 6.92 Å². The van der Waals surface area contributed by atoms with Crippen LogP contribution in [0.2, 0.25) is 0 Å². The van der Waals surface area contributed by atoms with Gasteiger partial charge in [0, 0.05) is 6.54 Å². The largest absolute Gasteiger partial charge is 0.481 e. The van der Waals surface area contributed by atoms with E-state index in [2.05, 4.69) is 16.2 Å². The molecule has 3 atom stereocenters. The van der Waals surface area contributed by atoms with E-state index >= 15 is 0 Å². The van der Waals surface area contributed by atoms with Gasteiger partial charge in [-0.2, -0.15) is 5.12 Å². The van der Waals surface area contributed by atoms with Gasteiger partial charge in [0.05, 0.1) is 6.17 Å². The van der Waals surface area contributed by atoms with Crippen LogP contribution < -0.4 is 16.2 Å². The van der Waals surface area contributed by atoms with Crippen LogP contribution in [0.5, 0.6) is 0 Å². The molecule has 6 heteroatoms. The number of nitrogens with zero attached hydrogens (tertiary/aromatic N) is 1. The molecule has 2 aliphatic heterocycles. The average Bonchev–Trinajstić information content (AvgIpc) is 2.43. The van der Waals surface area contributed by atoms with Gasteiger partial charge in [-0.15, -0.1) is 0 Å². The minimum atomic E-state index is -0.765. The van der Waals surface area contributed by atoms with Gasteiger partial charge in [0.15, 0.2) is 0 Å². The number of aliphatic carboxylic acids is 1. The Kier molecular flexibility index (Phi) is 1.76. The van der Waals surface area contributed by atoms with Crippen LogP contribution in [-0.4, -0.2) is 35.1 Å². The summed E-state index contributed by atoms with van der Waals surface area (Å²) in [5, 5.41) is 13.7. The third kappa shape index (κ3) is 1.09. The maximum Gasteiger partial charge on any atom is 0.310 e. The molecule has 0 saturated carbocycles. The Labute approximate surface area is 69.9 Å². The summed E-state index contributed by atoms with van der Waals surface area (Å²) in [6.45, 7) is 2.42. The second kappa shape index (κ2) is 2.67. The van der Waals surface area contributed by atoms with Crippen LogP contribution in [0.25, 0.3) is 0 Å². The van der Waals surface area contributed by atoms with E-state index in [-0.39, 0.29) is 18.2 Å². The molecule has 2 heterocycles. The second-order valence-electron chi connectivity index (χ2n) is 3.14. The molecule has 0 radical (unpaired) electrons. The number of carboxylic acid groups (broad SMARTS) is 1. The molecule has 2 fully saturated rings. The van der Waals surface area contributed by atoms with Crippen LogP contribution in [0.3, 0.4) is 0 Å². The molecule has 2 rings (SSSR count). The lowest BCUT2D eigenvalue weighted by atomic mass is 10.1. The number of fused-ring (bicyclic) bond motifs is 1. The standard InChI is InChI=1S/C6H12N4O2/c1-3-8-5-4(6(11)12)2-7-10(5)9-3/h3-5,7-9H,2H2,1H3,(H,11,12). The first-order chi connectivity index (χ1) is 5.68. The lowest BCUT2D eigenvalue weighted by Crippen LogP contribution is -2.43. The minimum absolute atomic E-state index is 0.127. The zero-order valence-corrected chi connectivity index (χ0v) is 6.74. The topological polar surface area (TPSA) is 76.6 Å². The van der Waals surface area contributed by atoms with Gasteiger partial charge >= 0.3 is 5.97 Å². The molecule has 0 amide bonds. The predicted molar refractivity (Wildman–Crippen MR) is 40.5 cm³/mol. The van der Waals surface area contributed by atoms with Gasteiger partial charge in [-0.1, -0.05) is 0 Å². The van der Waals surface area contributed by atoms with E-state index in [0.29, 0.717) is 6.54 Å². The zero-order chi connectivity index (χ0) is 8.72. The van der Waals surface area contributed by atoms with Crippen LogP contribution in [0.4, 0.5) is 0 Å². The zero-order valence-electron chi connectivity index (χ0n) is 6.74. The number of rotatable bonds is 1. The number of carboxylic acids is 1. The maximum atomic E-state index is 10.7. The summed E-state index contributed by atoms with van der Waals surface area (Å²) in [5.41, 5.74) is 6.01. The molecule has 4 N–H and O–H groups in total. The molecule has 6 nitrogen and oxygen atoms in total. The number of hydrogen-bond donors (Lipinski definition) is 4. The van der Waals surface area contributed by atoms with Gasteiger partial charge in [0.1, 0.15) is 12.1 Å². The summed E-state index contributed by atoms with van der Waals surface area (Å²) in [6, 6.07) is 0. The Hall–Kier alpha value is -0.690. The van der Waals surface area contributed by atoms with Crippen molar-refractivity contribution in [3.8, 4) is 0 Å². The van der Waals surface area contributed by atoms with Crippen molar-refractivity contribution in [3.05, 3.63) is 0 Å². The minimum Gasteiger partial charge on any atom is -0.481 e. The highest BCUT2D eigenvalue weighted by atomic mass is 16.4. The van der Waals surface area contributed by atoms with Crippen LogP contribution in [-0.2, 0) is 4.79 Å². The van der Waals surface area contributed by atoms with Crippen molar-refractivity contribution >= 4 is 5.97 Å². The van der Waals surface area contributed by atoms with E-state index in [1.54, 1.807) is 5.12 Å². The van der Waals surface area contributed by atoms with E-state index < -0.39 is 5.97 Å². The molecule has 0 aromatic carbocycles. The first-order valence-electron chi connectivity index (χ1n) is 3.96. The third-order valence-corrected chi connectivity index (χ3v) is 2.21. The van der Waals surface area contributed by atoms with Crippen molar-refractivity contribution in [2.75, 3.05) is 6.54 Å². The molecule has 2 aliphatic rings. The first kappa shape index (κ1) is 7.93. The summed E-state index contributed by atoms with van der Waals surface area (Å²) < 4.78 is 0. The summed E-state index contributed by atoms with van der Waals surface area (Å²) in [6.07, 6.45) is 0.00199. The Morgan fingerprint density at radius 1 is 1.67 bits per heavy atom. The van der Waals surface area contributed by atoms with Crippen molar-refractivity contribution in [2.45, 2.75) is 19.3 Å². The molecule has 68 valence electrons. The van der Waals surface area contributed by atoms with Gasteiger partial charge in [-0.25, -0.2) is 10.9 Å². The van der Waals surface area contributed by atoms with Crippen molar-refractivity contribution < 1.29 is 9.90 Å². The Bertz CT molecular complexity index is 210. The van der Waals surface area contributed by atoms with E-state index in [1.807, 2.05) is 6.92 Å². The molecule has 0 aromatic rings. The fourth-order valence-electron chi connectivity index (χ4n) is 1.63. The lowest BCUT2D eigenvalue weighted by molar-refractivity contribution is -0.142. The Morgan fingerprint density at radius 2 is 2.42 bits per heavy atom. The number of hydrogen-bond acceptors (Lipinski definition) is 5. The number of nitrogens with one attached hydrogen (secondary N) is 3. The first-order valence-corrected chi connectivity index (χ1v) is 3.96. The number of hydrazine groups is 2. The maximum absolute atomic E-state index is 10.7. The summed E-state index contributed by atoms with van der Waals surface area (Å²) in [7, 11) is 0. The van der Waals surface area contributed by atoms with Crippen LogP contribution >= 0.6 is 0 Å². The van der Waals surface area contributed by atoms with E-state index in [4.69, 9.17) is 5.11 Å². The van der Waals surface area contributed by atoms with Crippen molar-refractivity contribution in [3.63, 3.8) is 0 Å². The van der Waals surface area contributed by atoms with E-state index in [9.17, 15) is 4.79 Å². The van der Waals surface area contributed by atoms with E-state index in [0.717, 1.165) is 0 Å². The lowest BCUT2D eigenvalue weighted by Gasteiger charge is -2.14. The molecule has 0 aromatic heterocycles. The van der Waals surface area contributed by atoms with Crippen LogP contribution in [0, 0.1) is 5.92 Å². The smallest absolute Gasteiger partial charge is 0.310 e.